The molecule has 0 radical (unpaired) electrons. The van der Waals surface area contributed by atoms with Gasteiger partial charge in [-0.1, -0.05) is 11.6 Å². The summed E-state index contributed by atoms with van der Waals surface area (Å²) in [5.74, 6) is -0.473. The Bertz CT molecular complexity index is 462. The monoisotopic (exact) mass is 288 g/mol. The number of ketones is 1. The Labute approximate surface area is 114 Å². The summed E-state index contributed by atoms with van der Waals surface area (Å²) in [5, 5.41) is 0. The van der Waals surface area contributed by atoms with Crippen molar-refractivity contribution in [1.82, 2.24) is 0 Å². The molecule has 6 heteroatoms. The number of carbonyl (C=O) groups is 2. The molecule has 2 rings (SSSR count). The van der Waals surface area contributed by atoms with Gasteiger partial charge in [-0.25, -0.2) is 0 Å². The van der Waals surface area contributed by atoms with Crippen molar-refractivity contribution >= 4 is 34.7 Å². The normalized spacial score (nSPS) is 23.0. The number of methoxy groups -OCH3 is 1. The van der Waals surface area contributed by atoms with Crippen LogP contribution in [0.15, 0.2) is 12.1 Å². The van der Waals surface area contributed by atoms with Gasteiger partial charge in [-0.05, 0) is 18.6 Å². The summed E-state index contributed by atoms with van der Waals surface area (Å²) in [6.07, 6.45) is 0.626. The van der Waals surface area contributed by atoms with Crippen LogP contribution in [0.25, 0.3) is 0 Å². The lowest BCUT2D eigenvalue weighted by Crippen LogP contribution is -2.35. The Hall–Kier alpha value is -0.910. The summed E-state index contributed by atoms with van der Waals surface area (Å²) in [7, 11) is 1.33. The van der Waals surface area contributed by atoms with Crippen LogP contribution in [0, 0.1) is 5.41 Å². The Morgan fingerprint density at radius 2 is 2.33 bits per heavy atom. The van der Waals surface area contributed by atoms with Crippen LogP contribution in [-0.4, -0.2) is 32.1 Å². The zero-order valence-electron chi connectivity index (χ0n) is 9.90. The van der Waals surface area contributed by atoms with Gasteiger partial charge in [0, 0.05) is 13.0 Å². The molecule has 0 aliphatic carbocycles. The summed E-state index contributed by atoms with van der Waals surface area (Å²) < 4.78 is 10.6. The van der Waals surface area contributed by atoms with E-state index in [9.17, 15) is 9.59 Å². The second-order valence-corrected chi connectivity index (χ2v) is 5.99. The van der Waals surface area contributed by atoms with Gasteiger partial charge in [-0.15, -0.1) is 11.3 Å². The van der Waals surface area contributed by atoms with Gasteiger partial charge in [0.1, 0.15) is 5.41 Å². The molecule has 1 aliphatic rings. The maximum atomic E-state index is 12.1. The average Bonchev–Trinajstić information content (AvgIpc) is 2.98. The van der Waals surface area contributed by atoms with Crippen LogP contribution in [-0.2, 0) is 14.3 Å². The molecule has 1 atom stereocenters. The fourth-order valence-electron chi connectivity index (χ4n) is 2.05. The molecule has 1 aromatic rings. The molecule has 0 bridgehead atoms. The van der Waals surface area contributed by atoms with Crippen LogP contribution in [0.1, 0.15) is 22.5 Å². The van der Waals surface area contributed by atoms with Gasteiger partial charge in [0.15, 0.2) is 5.78 Å². The lowest BCUT2D eigenvalue weighted by atomic mass is 9.82. The van der Waals surface area contributed by atoms with Gasteiger partial charge >= 0.3 is 5.97 Å². The predicted molar refractivity (Wildman–Crippen MR) is 68.2 cm³/mol. The highest BCUT2D eigenvalue weighted by Gasteiger charge is 2.45. The number of rotatable bonds is 4. The predicted octanol–water partition coefficient (Wildman–Crippen LogP) is 2.55. The summed E-state index contributed by atoms with van der Waals surface area (Å²) >= 11 is 7.02. The quantitative estimate of drug-likeness (QED) is 0.631. The van der Waals surface area contributed by atoms with Crippen LogP contribution in [0.5, 0.6) is 0 Å². The number of hydrogen-bond acceptors (Lipinski definition) is 5. The molecule has 4 nitrogen and oxygen atoms in total. The second-order valence-electron chi connectivity index (χ2n) is 4.28. The fraction of sp³-hybridized carbons (Fsp3) is 0.500. The Morgan fingerprint density at radius 1 is 1.56 bits per heavy atom. The van der Waals surface area contributed by atoms with E-state index >= 15 is 0 Å². The van der Waals surface area contributed by atoms with Gasteiger partial charge in [0.2, 0.25) is 0 Å². The molecule has 98 valence electrons. The number of halogens is 1. The van der Waals surface area contributed by atoms with E-state index in [0.29, 0.717) is 22.2 Å². The molecule has 0 aromatic carbocycles. The lowest BCUT2D eigenvalue weighted by Gasteiger charge is -2.22. The number of ether oxygens (including phenoxy) is 2. The molecule has 18 heavy (non-hydrogen) atoms. The molecule has 2 heterocycles. The second kappa shape index (κ2) is 5.38. The van der Waals surface area contributed by atoms with Crippen LogP contribution >= 0.6 is 22.9 Å². The minimum Gasteiger partial charge on any atom is -0.469 e. The van der Waals surface area contributed by atoms with Crippen LogP contribution in [0.3, 0.4) is 0 Å². The van der Waals surface area contributed by atoms with E-state index < -0.39 is 5.41 Å². The first-order valence-corrected chi connectivity index (χ1v) is 6.71. The van der Waals surface area contributed by atoms with Crippen molar-refractivity contribution in [2.24, 2.45) is 5.41 Å². The number of thiophene rings is 1. The first-order chi connectivity index (χ1) is 8.57. The van der Waals surface area contributed by atoms with Gasteiger partial charge < -0.3 is 9.47 Å². The van der Waals surface area contributed by atoms with Crippen molar-refractivity contribution in [3.63, 3.8) is 0 Å². The van der Waals surface area contributed by atoms with E-state index in [1.54, 1.807) is 12.1 Å². The van der Waals surface area contributed by atoms with E-state index in [0.717, 1.165) is 0 Å². The number of esters is 1. The van der Waals surface area contributed by atoms with E-state index in [2.05, 4.69) is 0 Å². The number of Topliss-reactive ketones (excluding diaryl/α,β-unsaturated/α-hetero) is 1. The maximum absolute atomic E-state index is 12.1. The largest absolute Gasteiger partial charge is 0.469 e. The molecule has 0 N–H and O–H groups in total. The molecule has 0 unspecified atom stereocenters. The van der Waals surface area contributed by atoms with Crippen LogP contribution in [0.2, 0.25) is 4.34 Å². The molecule has 0 amide bonds. The van der Waals surface area contributed by atoms with Crippen molar-refractivity contribution in [3.8, 4) is 0 Å². The zero-order valence-corrected chi connectivity index (χ0v) is 11.5. The number of hydrogen-bond donors (Lipinski definition) is 0. The first-order valence-electron chi connectivity index (χ1n) is 5.52. The number of carbonyl (C=O) groups excluding carboxylic acids is 2. The van der Waals surface area contributed by atoms with Gasteiger partial charge in [0.25, 0.3) is 0 Å². The maximum Gasteiger partial charge on any atom is 0.314 e. The van der Waals surface area contributed by atoms with Crippen LogP contribution in [0.4, 0.5) is 0 Å². The molecule has 1 aliphatic heterocycles. The standard InChI is InChI=1S/C12H13ClO4S/c1-16-11(15)12(4-5-17-7-12)6-8(14)9-2-3-10(13)18-9/h2-3H,4-7H2,1H3/t12-/m0/s1. The highest BCUT2D eigenvalue weighted by Crippen LogP contribution is 2.36. The zero-order chi connectivity index (χ0) is 13.2. The SMILES string of the molecule is COC(=O)[C@]1(CC(=O)c2ccc(Cl)s2)CCOC1. The van der Waals surface area contributed by atoms with Crippen molar-refractivity contribution in [2.75, 3.05) is 20.3 Å². The lowest BCUT2D eigenvalue weighted by molar-refractivity contribution is -0.152. The molecular weight excluding hydrogens is 276 g/mol. The minimum atomic E-state index is -0.831. The smallest absolute Gasteiger partial charge is 0.314 e. The Balaban J connectivity index is 2.15. The van der Waals surface area contributed by atoms with Gasteiger partial charge in [-0.2, -0.15) is 0 Å². The Morgan fingerprint density at radius 3 is 2.83 bits per heavy atom. The molecular formula is C12H13ClO4S. The molecule has 0 spiro atoms. The van der Waals surface area contributed by atoms with E-state index in [-0.39, 0.29) is 24.8 Å². The van der Waals surface area contributed by atoms with Crippen LogP contribution < -0.4 is 0 Å². The Kier molecular flexibility index (Phi) is 4.04. The third-order valence-electron chi connectivity index (χ3n) is 3.07. The third kappa shape index (κ3) is 2.58. The first kappa shape index (κ1) is 13.5. The molecule has 1 saturated heterocycles. The van der Waals surface area contributed by atoms with E-state index in [1.165, 1.54) is 18.4 Å². The summed E-state index contributed by atoms with van der Waals surface area (Å²) in [4.78, 5) is 24.5. The van der Waals surface area contributed by atoms with Gasteiger partial charge in [-0.3, -0.25) is 9.59 Å². The third-order valence-corrected chi connectivity index (χ3v) is 4.34. The van der Waals surface area contributed by atoms with E-state index in [1.807, 2.05) is 0 Å². The van der Waals surface area contributed by atoms with E-state index in [4.69, 9.17) is 21.1 Å². The highest BCUT2D eigenvalue weighted by atomic mass is 35.5. The van der Waals surface area contributed by atoms with Crippen molar-refractivity contribution in [1.29, 1.82) is 0 Å². The highest BCUT2D eigenvalue weighted by molar-refractivity contribution is 7.18. The summed E-state index contributed by atoms with van der Waals surface area (Å²) in [6, 6.07) is 3.35. The molecule has 1 aromatic heterocycles. The summed E-state index contributed by atoms with van der Waals surface area (Å²) in [6.45, 7) is 0.720. The minimum absolute atomic E-state index is 0.0946. The van der Waals surface area contributed by atoms with Crippen molar-refractivity contribution < 1.29 is 19.1 Å². The molecule has 0 saturated carbocycles. The topological polar surface area (TPSA) is 52.6 Å². The average molecular weight is 289 g/mol. The fourth-order valence-corrected chi connectivity index (χ4v) is 3.04. The van der Waals surface area contributed by atoms with Gasteiger partial charge in [0.05, 0.1) is 22.9 Å². The molecule has 1 fully saturated rings. The summed E-state index contributed by atoms with van der Waals surface area (Å²) in [5.41, 5.74) is -0.831. The van der Waals surface area contributed by atoms with Crippen molar-refractivity contribution in [3.05, 3.63) is 21.3 Å². The van der Waals surface area contributed by atoms with Crippen molar-refractivity contribution in [2.45, 2.75) is 12.8 Å².